The summed E-state index contributed by atoms with van der Waals surface area (Å²) in [6.07, 6.45) is 4.12. The molecule has 0 spiro atoms. The first-order valence-corrected chi connectivity index (χ1v) is 7.84. The van der Waals surface area contributed by atoms with Crippen molar-refractivity contribution in [2.75, 3.05) is 13.6 Å². The van der Waals surface area contributed by atoms with Crippen molar-refractivity contribution in [1.82, 2.24) is 20.1 Å². The fourth-order valence-corrected chi connectivity index (χ4v) is 2.38. The van der Waals surface area contributed by atoms with E-state index in [1.54, 1.807) is 31.4 Å². The molecule has 0 bridgehead atoms. The number of pyridine rings is 1. The number of amides is 1. The molecule has 1 saturated carbocycles. The molecule has 0 unspecified atom stereocenters. The monoisotopic (exact) mass is 315 g/mol. The lowest BCUT2D eigenvalue weighted by atomic mass is 10.1. The van der Waals surface area contributed by atoms with Crippen LogP contribution in [-0.2, 0) is 6.54 Å². The first-order valence-electron chi connectivity index (χ1n) is 7.84. The van der Waals surface area contributed by atoms with Gasteiger partial charge in [-0.25, -0.2) is 0 Å². The minimum atomic E-state index is -0.152. The molecule has 3 rings (SSSR count). The molecule has 0 saturated heterocycles. The fraction of sp³-hybridized carbons (Fsp3) is 0.471. The Morgan fingerprint density at radius 2 is 2.13 bits per heavy atom. The van der Waals surface area contributed by atoms with Crippen LogP contribution in [0.5, 0.6) is 0 Å². The standard InChI is InChI=1S/C10H17N3.C7H8N2O/c1-8-5-9(2)13(12-8)7-10(6-11)3-4-10;1-8-7(10)6-4-2-3-5-9-6/h5H,3-4,6-7,11H2,1-2H3;2-5H,1H3,(H,8,10). The summed E-state index contributed by atoms with van der Waals surface area (Å²) in [7, 11) is 1.58. The van der Waals surface area contributed by atoms with Crippen molar-refractivity contribution < 1.29 is 4.79 Å². The Labute approximate surface area is 137 Å². The van der Waals surface area contributed by atoms with E-state index in [1.807, 2.05) is 6.92 Å². The van der Waals surface area contributed by atoms with Crippen molar-refractivity contribution in [3.8, 4) is 0 Å². The first kappa shape index (κ1) is 17.1. The normalized spacial score (nSPS) is 14.6. The van der Waals surface area contributed by atoms with Crippen molar-refractivity contribution in [2.45, 2.75) is 33.2 Å². The van der Waals surface area contributed by atoms with Crippen LogP contribution in [0.2, 0.25) is 0 Å². The molecule has 1 fully saturated rings. The number of nitrogens with two attached hydrogens (primary N) is 1. The molecule has 1 amide bonds. The Bertz CT molecular complexity index is 646. The lowest BCUT2D eigenvalue weighted by molar-refractivity contribution is 0.0958. The highest BCUT2D eigenvalue weighted by Crippen LogP contribution is 2.45. The number of aromatic nitrogens is 3. The lowest BCUT2D eigenvalue weighted by Gasteiger charge is -2.13. The number of nitrogens with one attached hydrogen (secondary N) is 1. The van der Waals surface area contributed by atoms with E-state index in [9.17, 15) is 4.79 Å². The first-order chi connectivity index (χ1) is 11.0. The van der Waals surface area contributed by atoms with E-state index in [0.717, 1.165) is 18.8 Å². The molecular formula is C17H25N5O. The molecule has 0 aliphatic heterocycles. The number of nitrogens with zero attached hydrogens (tertiary/aromatic N) is 3. The van der Waals surface area contributed by atoms with Crippen LogP contribution in [0.25, 0.3) is 0 Å². The van der Waals surface area contributed by atoms with Crippen molar-refractivity contribution in [2.24, 2.45) is 11.1 Å². The zero-order valence-corrected chi connectivity index (χ0v) is 14.0. The predicted molar refractivity (Wildman–Crippen MR) is 90.0 cm³/mol. The van der Waals surface area contributed by atoms with Crippen LogP contribution in [0.4, 0.5) is 0 Å². The minimum absolute atomic E-state index is 0.152. The molecule has 0 radical (unpaired) electrons. The maximum atomic E-state index is 10.8. The molecule has 2 aromatic heterocycles. The van der Waals surface area contributed by atoms with Gasteiger partial charge in [0.05, 0.1) is 5.69 Å². The van der Waals surface area contributed by atoms with Gasteiger partial charge in [0.25, 0.3) is 5.91 Å². The highest BCUT2D eigenvalue weighted by atomic mass is 16.1. The Morgan fingerprint density at radius 3 is 2.57 bits per heavy atom. The van der Waals surface area contributed by atoms with Gasteiger partial charge in [-0.15, -0.1) is 0 Å². The van der Waals surface area contributed by atoms with Gasteiger partial charge in [0.15, 0.2) is 0 Å². The molecule has 2 aromatic rings. The SMILES string of the molecule is CNC(=O)c1ccccn1.Cc1cc(C)n(CC2(CN)CC2)n1. The molecule has 6 heteroatoms. The fourth-order valence-electron chi connectivity index (χ4n) is 2.38. The second kappa shape index (κ2) is 7.37. The molecule has 0 aromatic carbocycles. The molecule has 124 valence electrons. The van der Waals surface area contributed by atoms with Crippen molar-refractivity contribution in [3.63, 3.8) is 0 Å². The summed E-state index contributed by atoms with van der Waals surface area (Å²) in [6.45, 7) is 5.94. The Morgan fingerprint density at radius 1 is 1.39 bits per heavy atom. The van der Waals surface area contributed by atoms with Crippen molar-refractivity contribution in [3.05, 3.63) is 47.5 Å². The number of carbonyl (C=O) groups is 1. The van der Waals surface area contributed by atoms with Crippen LogP contribution < -0.4 is 11.1 Å². The summed E-state index contributed by atoms with van der Waals surface area (Å²) in [5, 5.41) is 6.92. The zero-order chi connectivity index (χ0) is 16.9. The number of carbonyl (C=O) groups excluding carboxylic acids is 1. The van der Waals surface area contributed by atoms with E-state index in [1.165, 1.54) is 18.5 Å². The van der Waals surface area contributed by atoms with Gasteiger partial charge in [0, 0.05) is 30.9 Å². The summed E-state index contributed by atoms with van der Waals surface area (Å²) in [4.78, 5) is 14.7. The maximum absolute atomic E-state index is 10.8. The topological polar surface area (TPSA) is 85.8 Å². The molecule has 3 N–H and O–H groups in total. The largest absolute Gasteiger partial charge is 0.354 e. The molecule has 2 heterocycles. The van der Waals surface area contributed by atoms with Gasteiger partial charge in [0.1, 0.15) is 5.69 Å². The molecule has 23 heavy (non-hydrogen) atoms. The van der Waals surface area contributed by atoms with Gasteiger partial charge < -0.3 is 11.1 Å². The van der Waals surface area contributed by atoms with E-state index in [0.29, 0.717) is 11.1 Å². The zero-order valence-electron chi connectivity index (χ0n) is 14.0. The number of hydrogen-bond acceptors (Lipinski definition) is 4. The van der Waals surface area contributed by atoms with E-state index in [2.05, 4.69) is 33.1 Å². The Kier molecular flexibility index (Phi) is 5.50. The molecule has 1 aliphatic carbocycles. The lowest BCUT2D eigenvalue weighted by Crippen LogP contribution is -2.22. The number of rotatable bonds is 4. The molecule has 0 atom stereocenters. The predicted octanol–water partition coefficient (Wildman–Crippen LogP) is 1.68. The molecule has 1 aliphatic rings. The van der Waals surface area contributed by atoms with Crippen LogP contribution in [0.15, 0.2) is 30.5 Å². The van der Waals surface area contributed by atoms with E-state index in [-0.39, 0.29) is 5.91 Å². The van der Waals surface area contributed by atoms with Crippen LogP contribution in [0.1, 0.15) is 34.7 Å². The summed E-state index contributed by atoms with van der Waals surface area (Å²) in [5.74, 6) is -0.152. The van der Waals surface area contributed by atoms with Gasteiger partial charge in [0.2, 0.25) is 0 Å². The second-order valence-corrected chi connectivity index (χ2v) is 6.08. The van der Waals surface area contributed by atoms with E-state index >= 15 is 0 Å². The molecule has 6 nitrogen and oxygen atoms in total. The third kappa shape index (κ3) is 4.63. The Hall–Kier alpha value is -2.21. The average Bonchev–Trinajstić information content (AvgIpc) is 3.27. The van der Waals surface area contributed by atoms with Crippen LogP contribution >= 0.6 is 0 Å². The molecular weight excluding hydrogens is 290 g/mol. The Balaban J connectivity index is 0.000000174. The summed E-state index contributed by atoms with van der Waals surface area (Å²) < 4.78 is 2.09. The smallest absolute Gasteiger partial charge is 0.269 e. The quantitative estimate of drug-likeness (QED) is 0.899. The minimum Gasteiger partial charge on any atom is -0.354 e. The van der Waals surface area contributed by atoms with E-state index < -0.39 is 0 Å². The number of hydrogen-bond donors (Lipinski definition) is 2. The van der Waals surface area contributed by atoms with Gasteiger partial charge in [-0.3, -0.25) is 14.5 Å². The average molecular weight is 315 g/mol. The summed E-state index contributed by atoms with van der Waals surface area (Å²) >= 11 is 0. The van der Waals surface area contributed by atoms with Crippen molar-refractivity contribution in [1.29, 1.82) is 0 Å². The van der Waals surface area contributed by atoms with Crippen LogP contribution in [0, 0.1) is 19.3 Å². The van der Waals surface area contributed by atoms with Gasteiger partial charge in [-0.05, 0) is 51.4 Å². The highest BCUT2D eigenvalue weighted by molar-refractivity contribution is 5.91. The van der Waals surface area contributed by atoms with Gasteiger partial charge >= 0.3 is 0 Å². The maximum Gasteiger partial charge on any atom is 0.269 e. The van der Waals surface area contributed by atoms with Crippen LogP contribution in [0.3, 0.4) is 0 Å². The number of aryl methyl sites for hydroxylation is 2. The van der Waals surface area contributed by atoms with E-state index in [4.69, 9.17) is 5.73 Å². The summed E-state index contributed by atoms with van der Waals surface area (Å²) in [5.41, 5.74) is 8.91. The third-order valence-corrected chi connectivity index (χ3v) is 4.10. The van der Waals surface area contributed by atoms with Crippen molar-refractivity contribution >= 4 is 5.91 Å². The van der Waals surface area contributed by atoms with Gasteiger partial charge in [-0.2, -0.15) is 5.10 Å². The highest BCUT2D eigenvalue weighted by Gasteiger charge is 2.41. The van der Waals surface area contributed by atoms with Gasteiger partial charge in [-0.1, -0.05) is 6.07 Å². The second-order valence-electron chi connectivity index (χ2n) is 6.08. The third-order valence-electron chi connectivity index (χ3n) is 4.10. The van der Waals surface area contributed by atoms with Crippen LogP contribution in [-0.4, -0.2) is 34.3 Å². The summed E-state index contributed by atoms with van der Waals surface area (Å²) in [6, 6.07) is 7.33.